The lowest BCUT2D eigenvalue weighted by Gasteiger charge is -2.35. The molecule has 1 aromatic rings. The van der Waals surface area contributed by atoms with Crippen molar-refractivity contribution < 1.29 is 19.1 Å². The number of aliphatic hydroxyl groups is 1. The van der Waals surface area contributed by atoms with Gasteiger partial charge in [-0.3, -0.25) is 9.59 Å². The molecule has 0 saturated carbocycles. The largest absolute Gasteiger partial charge is 0.459 e. The Kier molecular flexibility index (Phi) is 3.90. The number of amides is 2. The number of hydrogen-bond donors (Lipinski definition) is 2. The first kappa shape index (κ1) is 13.6. The third-order valence-corrected chi connectivity index (χ3v) is 3.34. The van der Waals surface area contributed by atoms with Gasteiger partial charge in [0.05, 0.1) is 18.4 Å². The van der Waals surface area contributed by atoms with Crippen LogP contribution in [0.1, 0.15) is 30.3 Å². The van der Waals surface area contributed by atoms with Crippen molar-refractivity contribution in [2.45, 2.75) is 25.4 Å². The maximum atomic E-state index is 11.9. The van der Waals surface area contributed by atoms with E-state index in [1.807, 2.05) is 0 Å². The Morgan fingerprint density at radius 1 is 1.47 bits per heavy atom. The van der Waals surface area contributed by atoms with E-state index in [9.17, 15) is 14.7 Å². The molecule has 6 nitrogen and oxygen atoms in total. The lowest BCUT2D eigenvalue weighted by atomic mass is 9.94. The second-order valence-electron chi connectivity index (χ2n) is 5.04. The highest BCUT2D eigenvalue weighted by Crippen LogP contribution is 2.20. The van der Waals surface area contributed by atoms with Crippen molar-refractivity contribution in [3.63, 3.8) is 0 Å². The van der Waals surface area contributed by atoms with Crippen LogP contribution in [0.25, 0.3) is 0 Å². The van der Waals surface area contributed by atoms with Crippen LogP contribution in [0.5, 0.6) is 0 Å². The van der Waals surface area contributed by atoms with Gasteiger partial charge in [0.25, 0.3) is 5.91 Å². The molecule has 1 aliphatic heterocycles. The van der Waals surface area contributed by atoms with E-state index in [0.717, 1.165) is 0 Å². The zero-order valence-electron chi connectivity index (χ0n) is 10.9. The molecule has 0 bridgehead atoms. The molecule has 19 heavy (non-hydrogen) atoms. The summed E-state index contributed by atoms with van der Waals surface area (Å²) in [7, 11) is 0. The molecule has 1 aromatic heterocycles. The van der Waals surface area contributed by atoms with Crippen LogP contribution >= 0.6 is 0 Å². The Hall–Kier alpha value is -1.82. The number of rotatable bonds is 3. The van der Waals surface area contributed by atoms with Crippen LogP contribution in [0.4, 0.5) is 0 Å². The van der Waals surface area contributed by atoms with Crippen LogP contribution < -0.4 is 5.32 Å². The Morgan fingerprint density at radius 3 is 2.74 bits per heavy atom. The third-order valence-electron chi connectivity index (χ3n) is 3.34. The fourth-order valence-corrected chi connectivity index (χ4v) is 2.00. The van der Waals surface area contributed by atoms with Crippen molar-refractivity contribution in [1.82, 2.24) is 10.2 Å². The molecule has 2 N–H and O–H groups in total. The van der Waals surface area contributed by atoms with Gasteiger partial charge >= 0.3 is 0 Å². The number of likely N-dealkylation sites (tertiary alicyclic amines) is 1. The van der Waals surface area contributed by atoms with Crippen LogP contribution in [-0.4, -0.2) is 47.1 Å². The molecular formula is C13H18N2O4. The molecule has 1 fully saturated rings. The fraction of sp³-hybridized carbons (Fsp3) is 0.538. The first-order chi connectivity index (χ1) is 8.98. The van der Waals surface area contributed by atoms with Crippen LogP contribution in [-0.2, 0) is 4.79 Å². The molecule has 0 aliphatic carbocycles. The molecule has 6 heteroatoms. The van der Waals surface area contributed by atoms with Crippen molar-refractivity contribution >= 4 is 11.8 Å². The van der Waals surface area contributed by atoms with Crippen LogP contribution in [0.3, 0.4) is 0 Å². The van der Waals surface area contributed by atoms with E-state index in [1.165, 1.54) is 12.3 Å². The van der Waals surface area contributed by atoms with E-state index in [1.54, 1.807) is 17.9 Å². The summed E-state index contributed by atoms with van der Waals surface area (Å²) < 4.78 is 4.93. The number of nitrogens with one attached hydrogen (secondary N) is 1. The molecule has 104 valence electrons. The third kappa shape index (κ3) is 3.57. The first-order valence-electron chi connectivity index (χ1n) is 6.30. The molecule has 1 saturated heterocycles. The maximum Gasteiger partial charge on any atom is 0.287 e. The summed E-state index contributed by atoms with van der Waals surface area (Å²) in [5, 5.41) is 12.3. The van der Waals surface area contributed by atoms with Gasteiger partial charge in [0.2, 0.25) is 5.91 Å². The van der Waals surface area contributed by atoms with E-state index < -0.39 is 11.5 Å². The Bertz CT molecular complexity index is 443. The summed E-state index contributed by atoms with van der Waals surface area (Å²) in [6, 6.07) is 3.15. The molecule has 2 rings (SSSR count). The van der Waals surface area contributed by atoms with Crippen molar-refractivity contribution in [3.8, 4) is 0 Å². The lowest BCUT2D eigenvalue weighted by Crippen LogP contribution is -2.48. The van der Waals surface area contributed by atoms with Crippen molar-refractivity contribution in [1.29, 1.82) is 0 Å². The molecular weight excluding hydrogens is 248 g/mol. The van der Waals surface area contributed by atoms with Gasteiger partial charge in [0.1, 0.15) is 0 Å². The van der Waals surface area contributed by atoms with E-state index in [2.05, 4.69) is 5.32 Å². The van der Waals surface area contributed by atoms with Crippen molar-refractivity contribution in [2.24, 2.45) is 0 Å². The highest BCUT2D eigenvalue weighted by atomic mass is 16.3. The van der Waals surface area contributed by atoms with Gasteiger partial charge in [0, 0.05) is 13.1 Å². The predicted octanol–water partition coefficient (Wildman–Crippen LogP) is 0.383. The minimum Gasteiger partial charge on any atom is -0.459 e. The number of piperidine rings is 1. The molecule has 2 heterocycles. The number of furan rings is 1. The van der Waals surface area contributed by atoms with E-state index in [4.69, 9.17) is 4.42 Å². The lowest BCUT2D eigenvalue weighted by molar-refractivity contribution is -0.133. The molecule has 1 aliphatic rings. The maximum absolute atomic E-state index is 11.9. The van der Waals surface area contributed by atoms with E-state index in [0.29, 0.717) is 25.9 Å². The van der Waals surface area contributed by atoms with Gasteiger partial charge in [0.15, 0.2) is 5.76 Å². The molecule has 0 radical (unpaired) electrons. The monoisotopic (exact) mass is 266 g/mol. The smallest absolute Gasteiger partial charge is 0.287 e. The normalized spacial score (nSPS) is 18.1. The van der Waals surface area contributed by atoms with Crippen LogP contribution in [0, 0.1) is 0 Å². The number of hydrogen-bond acceptors (Lipinski definition) is 4. The van der Waals surface area contributed by atoms with E-state index >= 15 is 0 Å². The molecule has 0 spiro atoms. The van der Waals surface area contributed by atoms with Gasteiger partial charge < -0.3 is 19.7 Å². The van der Waals surface area contributed by atoms with Gasteiger partial charge in [-0.1, -0.05) is 0 Å². The van der Waals surface area contributed by atoms with Crippen LogP contribution in [0.2, 0.25) is 0 Å². The van der Waals surface area contributed by atoms with Gasteiger partial charge in [-0.25, -0.2) is 0 Å². The van der Waals surface area contributed by atoms with E-state index in [-0.39, 0.29) is 18.2 Å². The summed E-state index contributed by atoms with van der Waals surface area (Å²) in [4.78, 5) is 25.1. The topological polar surface area (TPSA) is 82.8 Å². The highest BCUT2D eigenvalue weighted by Gasteiger charge is 2.29. The van der Waals surface area contributed by atoms with Gasteiger partial charge in [-0.2, -0.15) is 0 Å². The SMILES string of the molecule is CC1(O)CCN(C(=O)CNC(=O)c2ccco2)CC1. The fourth-order valence-electron chi connectivity index (χ4n) is 2.00. The molecule has 0 unspecified atom stereocenters. The molecule has 0 atom stereocenters. The molecule has 0 aromatic carbocycles. The molecule has 2 amide bonds. The highest BCUT2D eigenvalue weighted by molar-refractivity contribution is 5.94. The number of nitrogens with zero attached hydrogens (tertiary/aromatic N) is 1. The Labute approximate surface area is 111 Å². The number of carbonyl (C=O) groups excluding carboxylic acids is 2. The quantitative estimate of drug-likeness (QED) is 0.828. The predicted molar refractivity (Wildman–Crippen MR) is 67.5 cm³/mol. The van der Waals surface area contributed by atoms with Gasteiger partial charge in [-0.15, -0.1) is 0 Å². The summed E-state index contributed by atoms with van der Waals surface area (Å²) in [6.07, 6.45) is 2.53. The second kappa shape index (κ2) is 5.44. The summed E-state index contributed by atoms with van der Waals surface area (Å²) in [5.41, 5.74) is -0.686. The van der Waals surface area contributed by atoms with Crippen molar-refractivity contribution in [3.05, 3.63) is 24.2 Å². The van der Waals surface area contributed by atoms with Gasteiger partial charge in [-0.05, 0) is 31.9 Å². The zero-order chi connectivity index (χ0) is 13.9. The Morgan fingerprint density at radius 2 is 2.16 bits per heavy atom. The summed E-state index contributed by atoms with van der Waals surface area (Å²) in [6.45, 7) is 2.75. The minimum absolute atomic E-state index is 0.0539. The minimum atomic E-state index is -0.686. The summed E-state index contributed by atoms with van der Waals surface area (Å²) in [5.74, 6) is -0.355. The Balaban J connectivity index is 1.78. The first-order valence-corrected chi connectivity index (χ1v) is 6.30. The van der Waals surface area contributed by atoms with Crippen molar-refractivity contribution in [2.75, 3.05) is 19.6 Å². The zero-order valence-corrected chi connectivity index (χ0v) is 10.9. The second-order valence-corrected chi connectivity index (χ2v) is 5.04. The summed E-state index contributed by atoms with van der Waals surface area (Å²) >= 11 is 0. The number of carbonyl (C=O) groups is 2. The average Bonchev–Trinajstić information content (AvgIpc) is 2.89. The van der Waals surface area contributed by atoms with Crippen LogP contribution in [0.15, 0.2) is 22.8 Å². The average molecular weight is 266 g/mol. The standard InChI is InChI=1S/C13H18N2O4/c1-13(18)4-6-15(7-5-13)11(16)9-14-12(17)10-3-2-8-19-10/h2-3,8,18H,4-7,9H2,1H3,(H,14,17).